The van der Waals surface area contributed by atoms with E-state index in [1.165, 1.54) is 49.7 Å². The molecular weight excluding hydrogens is 246 g/mol. The predicted molar refractivity (Wildman–Crippen MR) is 85.1 cm³/mol. The summed E-state index contributed by atoms with van der Waals surface area (Å²) in [4.78, 5) is 0. The summed E-state index contributed by atoms with van der Waals surface area (Å²) >= 11 is 0. The maximum Gasteiger partial charge on any atom is 0.0576 e. The van der Waals surface area contributed by atoms with E-state index < -0.39 is 0 Å². The third-order valence-electron chi connectivity index (χ3n) is 4.26. The van der Waals surface area contributed by atoms with Crippen LogP contribution in [0.4, 0.5) is 0 Å². The van der Waals surface area contributed by atoms with Crippen LogP contribution in [0.25, 0.3) is 0 Å². The van der Waals surface area contributed by atoms with Crippen LogP contribution in [-0.4, -0.2) is 26.3 Å². The van der Waals surface area contributed by atoms with E-state index in [2.05, 4.69) is 43.6 Å². The molecule has 2 heteroatoms. The molecule has 0 aliphatic carbocycles. The zero-order chi connectivity index (χ0) is 14.2. The Bertz CT molecular complexity index is 385. The third kappa shape index (κ3) is 5.26. The highest BCUT2D eigenvalue weighted by Crippen LogP contribution is 2.21. The van der Waals surface area contributed by atoms with Crippen LogP contribution in [0.3, 0.4) is 0 Å². The minimum Gasteiger partial charge on any atom is -0.378 e. The molecule has 1 aliphatic rings. The van der Waals surface area contributed by atoms with E-state index in [0.29, 0.717) is 6.10 Å². The molecule has 0 aromatic heterocycles. The molecule has 1 N–H and O–H groups in total. The number of hydrogen-bond donors (Lipinski definition) is 1. The summed E-state index contributed by atoms with van der Waals surface area (Å²) < 4.78 is 5.71. The molecule has 2 atom stereocenters. The van der Waals surface area contributed by atoms with Gasteiger partial charge in [0.05, 0.1) is 6.10 Å². The Morgan fingerprint density at radius 3 is 3.00 bits per heavy atom. The minimum absolute atomic E-state index is 0.546. The highest BCUT2D eigenvalue weighted by Gasteiger charge is 2.16. The summed E-state index contributed by atoms with van der Waals surface area (Å²) in [5.74, 6) is 0.739. The molecule has 1 aromatic carbocycles. The van der Waals surface area contributed by atoms with Crippen molar-refractivity contribution in [3.05, 3.63) is 35.4 Å². The third-order valence-corrected chi connectivity index (χ3v) is 4.26. The van der Waals surface area contributed by atoms with E-state index in [4.69, 9.17) is 4.74 Å². The van der Waals surface area contributed by atoms with E-state index >= 15 is 0 Å². The van der Waals surface area contributed by atoms with Crippen molar-refractivity contribution in [1.29, 1.82) is 0 Å². The number of benzene rings is 1. The first-order valence-electron chi connectivity index (χ1n) is 8.09. The van der Waals surface area contributed by atoms with Gasteiger partial charge in [-0.25, -0.2) is 0 Å². The molecule has 1 saturated heterocycles. The van der Waals surface area contributed by atoms with Crippen molar-refractivity contribution in [2.75, 3.05) is 20.2 Å². The van der Waals surface area contributed by atoms with Gasteiger partial charge in [-0.3, -0.25) is 0 Å². The normalized spacial score (nSPS) is 20.2. The van der Waals surface area contributed by atoms with Crippen molar-refractivity contribution in [2.45, 2.75) is 51.6 Å². The van der Waals surface area contributed by atoms with Gasteiger partial charge in [0, 0.05) is 6.61 Å². The summed E-state index contributed by atoms with van der Waals surface area (Å²) in [6.07, 6.45) is 8.10. The molecule has 2 nitrogen and oxygen atoms in total. The molecule has 0 amide bonds. The molecule has 2 unspecified atom stereocenters. The molecule has 20 heavy (non-hydrogen) atoms. The fraction of sp³-hybridized carbons (Fsp3) is 0.667. The van der Waals surface area contributed by atoms with Gasteiger partial charge in [-0.05, 0) is 64.1 Å². The molecule has 0 radical (unpaired) electrons. The summed E-state index contributed by atoms with van der Waals surface area (Å²) in [6.45, 7) is 4.27. The van der Waals surface area contributed by atoms with Crippen LogP contribution in [0, 0.1) is 12.8 Å². The van der Waals surface area contributed by atoms with Crippen LogP contribution in [0.15, 0.2) is 24.3 Å². The first-order valence-corrected chi connectivity index (χ1v) is 8.09. The molecule has 0 saturated carbocycles. The highest BCUT2D eigenvalue weighted by molar-refractivity contribution is 5.22. The quantitative estimate of drug-likeness (QED) is 0.780. The molecule has 0 spiro atoms. The van der Waals surface area contributed by atoms with Crippen LogP contribution in [0.5, 0.6) is 0 Å². The van der Waals surface area contributed by atoms with Crippen molar-refractivity contribution < 1.29 is 4.74 Å². The van der Waals surface area contributed by atoms with Gasteiger partial charge in [-0.15, -0.1) is 0 Å². The molecule has 0 bridgehead atoms. The average molecular weight is 275 g/mol. The van der Waals surface area contributed by atoms with Crippen molar-refractivity contribution in [2.24, 2.45) is 5.92 Å². The predicted octanol–water partition coefficient (Wildman–Crippen LogP) is 3.72. The van der Waals surface area contributed by atoms with Crippen molar-refractivity contribution in [3.8, 4) is 0 Å². The van der Waals surface area contributed by atoms with Crippen LogP contribution in [0.1, 0.15) is 43.2 Å². The summed E-state index contributed by atoms with van der Waals surface area (Å²) in [7, 11) is 2.06. The highest BCUT2D eigenvalue weighted by atomic mass is 16.5. The average Bonchev–Trinajstić information content (AvgIpc) is 2.92. The SMILES string of the molecule is CNCC(CCCC1CCCO1)Cc1cccc(C)c1. The number of nitrogens with one attached hydrogen (secondary N) is 1. The molecule has 1 aliphatic heterocycles. The largest absolute Gasteiger partial charge is 0.378 e. The lowest BCUT2D eigenvalue weighted by molar-refractivity contribution is 0.101. The van der Waals surface area contributed by atoms with Gasteiger partial charge in [0.25, 0.3) is 0 Å². The van der Waals surface area contributed by atoms with Gasteiger partial charge >= 0.3 is 0 Å². The van der Waals surface area contributed by atoms with Crippen LogP contribution in [0.2, 0.25) is 0 Å². The lowest BCUT2D eigenvalue weighted by Crippen LogP contribution is -2.21. The lowest BCUT2D eigenvalue weighted by atomic mass is 9.92. The zero-order valence-corrected chi connectivity index (χ0v) is 13.0. The van der Waals surface area contributed by atoms with Crippen molar-refractivity contribution in [3.63, 3.8) is 0 Å². The topological polar surface area (TPSA) is 21.3 Å². The van der Waals surface area contributed by atoms with Gasteiger partial charge in [-0.1, -0.05) is 36.2 Å². The van der Waals surface area contributed by atoms with Crippen molar-refractivity contribution in [1.82, 2.24) is 5.32 Å². The zero-order valence-electron chi connectivity index (χ0n) is 13.0. The second-order valence-electron chi connectivity index (χ2n) is 6.18. The van der Waals surface area contributed by atoms with Crippen LogP contribution in [-0.2, 0) is 11.2 Å². The number of rotatable bonds is 8. The second-order valence-corrected chi connectivity index (χ2v) is 6.18. The number of ether oxygens (including phenoxy) is 1. The number of hydrogen-bond acceptors (Lipinski definition) is 2. The number of aryl methyl sites for hydroxylation is 1. The first-order chi connectivity index (χ1) is 9.78. The van der Waals surface area contributed by atoms with Gasteiger partial charge in [0.15, 0.2) is 0 Å². The monoisotopic (exact) mass is 275 g/mol. The van der Waals surface area contributed by atoms with E-state index in [-0.39, 0.29) is 0 Å². The van der Waals surface area contributed by atoms with Gasteiger partial charge in [-0.2, -0.15) is 0 Å². The molecule has 1 fully saturated rings. The molecule has 1 aromatic rings. The van der Waals surface area contributed by atoms with Crippen LogP contribution < -0.4 is 5.32 Å². The fourth-order valence-corrected chi connectivity index (χ4v) is 3.24. The van der Waals surface area contributed by atoms with Gasteiger partial charge in [0.1, 0.15) is 0 Å². The van der Waals surface area contributed by atoms with E-state index in [0.717, 1.165) is 19.1 Å². The fourth-order valence-electron chi connectivity index (χ4n) is 3.24. The molecule has 1 heterocycles. The van der Waals surface area contributed by atoms with Crippen molar-refractivity contribution >= 4 is 0 Å². The Morgan fingerprint density at radius 2 is 2.30 bits per heavy atom. The summed E-state index contributed by atoms with van der Waals surface area (Å²) in [5, 5.41) is 3.35. The Morgan fingerprint density at radius 1 is 1.40 bits per heavy atom. The van der Waals surface area contributed by atoms with E-state index in [9.17, 15) is 0 Å². The Balaban J connectivity index is 1.77. The minimum atomic E-state index is 0.546. The maximum absolute atomic E-state index is 5.71. The molecule has 112 valence electrons. The summed E-state index contributed by atoms with van der Waals surface area (Å²) in [6, 6.07) is 8.93. The first kappa shape index (κ1) is 15.5. The Labute approximate surface area is 123 Å². The standard InChI is InChI=1S/C18H29NO/c1-15-6-3-7-16(12-15)13-17(14-19-2)8-4-9-18-10-5-11-20-18/h3,6-7,12,17-19H,4-5,8-11,13-14H2,1-2H3. The molecule has 2 rings (SSSR count). The van der Waals surface area contributed by atoms with Gasteiger partial charge in [0.2, 0.25) is 0 Å². The Kier molecular flexibility index (Phi) is 6.55. The van der Waals surface area contributed by atoms with E-state index in [1.54, 1.807) is 0 Å². The maximum atomic E-state index is 5.71. The molecular formula is C18H29NO. The smallest absolute Gasteiger partial charge is 0.0576 e. The summed E-state index contributed by atoms with van der Waals surface area (Å²) in [5.41, 5.74) is 2.84. The Hall–Kier alpha value is -0.860. The van der Waals surface area contributed by atoms with Gasteiger partial charge < -0.3 is 10.1 Å². The van der Waals surface area contributed by atoms with E-state index in [1.807, 2.05) is 0 Å². The second kappa shape index (κ2) is 8.43. The van der Waals surface area contributed by atoms with Crippen LogP contribution >= 0.6 is 0 Å². The lowest BCUT2D eigenvalue weighted by Gasteiger charge is -2.18.